The Bertz CT molecular complexity index is 938. The van der Waals surface area contributed by atoms with Crippen molar-refractivity contribution >= 4 is 28.5 Å². The van der Waals surface area contributed by atoms with E-state index in [2.05, 4.69) is 40.8 Å². The fourth-order valence-electron chi connectivity index (χ4n) is 3.38. The van der Waals surface area contributed by atoms with Crippen LogP contribution in [0, 0.1) is 3.57 Å². The van der Waals surface area contributed by atoms with Crippen molar-refractivity contribution in [3.63, 3.8) is 0 Å². The van der Waals surface area contributed by atoms with E-state index in [1.165, 1.54) is 5.56 Å². The molecule has 1 aliphatic heterocycles. The van der Waals surface area contributed by atoms with Gasteiger partial charge in [0.15, 0.2) is 0 Å². The van der Waals surface area contributed by atoms with Gasteiger partial charge in [-0.15, -0.1) is 0 Å². The van der Waals surface area contributed by atoms with Crippen LogP contribution in [-0.2, 0) is 13.0 Å². The lowest BCUT2D eigenvalue weighted by Crippen LogP contribution is -2.25. The van der Waals surface area contributed by atoms with Gasteiger partial charge in [0.1, 0.15) is 11.5 Å². The lowest BCUT2D eigenvalue weighted by Gasteiger charge is -2.15. The van der Waals surface area contributed by atoms with Crippen molar-refractivity contribution in [1.82, 2.24) is 4.90 Å². The van der Waals surface area contributed by atoms with Gasteiger partial charge in [-0.3, -0.25) is 4.79 Å². The number of hydrogen-bond acceptors (Lipinski definition) is 2. The standard InChI is InChI=1S/C23H20INO2/c24-21-10-4-7-18-16-25(23(26)22(18)21)15-5-6-17-11-13-20(14-12-17)27-19-8-2-1-3-9-19/h1-4,7-14H,5-6,15-16H2. The van der Waals surface area contributed by atoms with E-state index in [1.807, 2.05) is 59.5 Å². The maximum absolute atomic E-state index is 12.6. The van der Waals surface area contributed by atoms with Gasteiger partial charge in [0, 0.05) is 16.7 Å². The number of ether oxygens (including phenoxy) is 1. The second kappa shape index (κ2) is 8.13. The molecule has 1 heterocycles. The zero-order chi connectivity index (χ0) is 18.6. The van der Waals surface area contributed by atoms with E-state index in [1.54, 1.807) is 0 Å². The van der Waals surface area contributed by atoms with Crippen LogP contribution in [0.25, 0.3) is 0 Å². The van der Waals surface area contributed by atoms with Gasteiger partial charge in [-0.1, -0.05) is 42.5 Å². The van der Waals surface area contributed by atoms with Crippen LogP contribution in [0.15, 0.2) is 72.8 Å². The molecule has 0 N–H and O–H groups in total. The number of halogens is 1. The first-order chi connectivity index (χ1) is 13.2. The molecule has 0 aliphatic carbocycles. The number of carbonyl (C=O) groups excluding carboxylic acids is 1. The van der Waals surface area contributed by atoms with E-state index in [9.17, 15) is 4.79 Å². The van der Waals surface area contributed by atoms with Crippen LogP contribution >= 0.6 is 22.6 Å². The van der Waals surface area contributed by atoms with Gasteiger partial charge in [0.05, 0.1) is 5.56 Å². The quantitative estimate of drug-likeness (QED) is 0.436. The third kappa shape index (κ3) is 4.16. The summed E-state index contributed by atoms with van der Waals surface area (Å²) in [7, 11) is 0. The molecule has 3 aromatic carbocycles. The Kier molecular flexibility index (Phi) is 5.43. The largest absolute Gasteiger partial charge is 0.457 e. The number of para-hydroxylation sites is 1. The highest BCUT2D eigenvalue weighted by molar-refractivity contribution is 14.1. The maximum atomic E-state index is 12.6. The predicted octanol–water partition coefficient (Wildman–Crippen LogP) is 5.67. The van der Waals surface area contributed by atoms with Gasteiger partial charge in [-0.25, -0.2) is 0 Å². The van der Waals surface area contributed by atoms with Gasteiger partial charge in [0.25, 0.3) is 5.91 Å². The average molecular weight is 469 g/mol. The van der Waals surface area contributed by atoms with Crippen molar-refractivity contribution in [2.24, 2.45) is 0 Å². The third-order valence-corrected chi connectivity index (χ3v) is 5.66. The lowest BCUT2D eigenvalue weighted by atomic mass is 10.1. The zero-order valence-electron chi connectivity index (χ0n) is 14.9. The van der Waals surface area contributed by atoms with E-state index in [0.717, 1.165) is 52.1 Å². The first-order valence-electron chi connectivity index (χ1n) is 9.09. The lowest BCUT2D eigenvalue weighted by molar-refractivity contribution is 0.0776. The Hall–Kier alpha value is -2.34. The highest BCUT2D eigenvalue weighted by atomic mass is 127. The number of hydrogen-bond donors (Lipinski definition) is 0. The normalized spacial score (nSPS) is 12.9. The summed E-state index contributed by atoms with van der Waals surface area (Å²) in [5.74, 6) is 1.85. The topological polar surface area (TPSA) is 29.5 Å². The zero-order valence-corrected chi connectivity index (χ0v) is 17.1. The maximum Gasteiger partial charge on any atom is 0.255 e. The van der Waals surface area contributed by atoms with Gasteiger partial charge < -0.3 is 9.64 Å². The molecular weight excluding hydrogens is 449 g/mol. The van der Waals surface area contributed by atoms with Crippen LogP contribution in [0.2, 0.25) is 0 Å². The summed E-state index contributed by atoms with van der Waals surface area (Å²) in [6.07, 6.45) is 1.90. The molecule has 4 heteroatoms. The fourth-order valence-corrected chi connectivity index (χ4v) is 4.16. The smallest absolute Gasteiger partial charge is 0.255 e. The van der Waals surface area contributed by atoms with Crippen LogP contribution in [0.3, 0.4) is 0 Å². The first kappa shape index (κ1) is 18.0. The Morgan fingerprint density at radius 1 is 0.889 bits per heavy atom. The first-order valence-corrected chi connectivity index (χ1v) is 10.2. The van der Waals surface area contributed by atoms with Crippen LogP contribution in [0.1, 0.15) is 27.9 Å². The van der Waals surface area contributed by atoms with Crippen LogP contribution in [0.5, 0.6) is 11.5 Å². The third-order valence-electron chi connectivity index (χ3n) is 4.76. The molecule has 0 spiro atoms. The van der Waals surface area contributed by atoms with E-state index in [-0.39, 0.29) is 5.91 Å². The van der Waals surface area contributed by atoms with E-state index >= 15 is 0 Å². The molecule has 4 rings (SSSR count). The molecule has 1 aliphatic rings. The predicted molar refractivity (Wildman–Crippen MR) is 115 cm³/mol. The van der Waals surface area contributed by atoms with Crippen LogP contribution in [-0.4, -0.2) is 17.4 Å². The molecule has 27 heavy (non-hydrogen) atoms. The molecule has 3 nitrogen and oxygen atoms in total. The van der Waals surface area contributed by atoms with Crippen LogP contribution < -0.4 is 4.74 Å². The molecular formula is C23H20INO2. The molecule has 0 saturated heterocycles. The van der Waals surface area contributed by atoms with Gasteiger partial charge in [0.2, 0.25) is 0 Å². The van der Waals surface area contributed by atoms with Crippen molar-refractivity contribution in [3.05, 3.63) is 93.1 Å². The molecule has 0 radical (unpaired) electrons. The molecule has 3 aromatic rings. The van der Waals surface area contributed by atoms with Crippen molar-refractivity contribution in [3.8, 4) is 11.5 Å². The van der Waals surface area contributed by atoms with Crippen LogP contribution in [0.4, 0.5) is 0 Å². The number of benzene rings is 3. The number of amides is 1. The minimum Gasteiger partial charge on any atom is -0.457 e. The van der Waals surface area contributed by atoms with E-state index in [4.69, 9.17) is 4.74 Å². The number of aryl methyl sites for hydroxylation is 1. The summed E-state index contributed by atoms with van der Waals surface area (Å²) in [5.41, 5.74) is 3.30. The van der Waals surface area contributed by atoms with Gasteiger partial charge in [-0.2, -0.15) is 0 Å². The second-order valence-electron chi connectivity index (χ2n) is 6.66. The summed E-state index contributed by atoms with van der Waals surface area (Å²) in [5, 5.41) is 0. The molecule has 0 aromatic heterocycles. The number of rotatable bonds is 6. The summed E-state index contributed by atoms with van der Waals surface area (Å²) >= 11 is 2.25. The molecule has 0 unspecified atom stereocenters. The van der Waals surface area contributed by atoms with E-state index < -0.39 is 0 Å². The molecule has 0 bridgehead atoms. The Balaban J connectivity index is 1.30. The van der Waals surface area contributed by atoms with Crippen molar-refractivity contribution < 1.29 is 9.53 Å². The van der Waals surface area contributed by atoms with Crippen molar-refractivity contribution in [2.75, 3.05) is 6.54 Å². The van der Waals surface area contributed by atoms with E-state index in [0.29, 0.717) is 0 Å². The fraction of sp³-hybridized carbons (Fsp3) is 0.174. The molecule has 0 atom stereocenters. The highest BCUT2D eigenvalue weighted by Crippen LogP contribution is 2.27. The number of carbonyl (C=O) groups is 1. The summed E-state index contributed by atoms with van der Waals surface area (Å²) in [6, 6.07) is 24.1. The summed E-state index contributed by atoms with van der Waals surface area (Å²) in [6.45, 7) is 1.51. The van der Waals surface area contributed by atoms with Gasteiger partial charge in [-0.05, 0) is 76.9 Å². The Labute approximate surface area is 173 Å². The molecule has 0 fully saturated rings. The van der Waals surface area contributed by atoms with Crippen molar-refractivity contribution in [2.45, 2.75) is 19.4 Å². The Morgan fingerprint density at radius 3 is 2.37 bits per heavy atom. The minimum absolute atomic E-state index is 0.168. The molecule has 136 valence electrons. The summed E-state index contributed by atoms with van der Waals surface area (Å²) in [4.78, 5) is 14.5. The van der Waals surface area contributed by atoms with Gasteiger partial charge >= 0.3 is 0 Å². The van der Waals surface area contributed by atoms with Crippen molar-refractivity contribution in [1.29, 1.82) is 0 Å². The second-order valence-corrected chi connectivity index (χ2v) is 7.83. The SMILES string of the molecule is O=C1c2c(I)cccc2CN1CCCc1ccc(Oc2ccccc2)cc1. The number of fused-ring (bicyclic) bond motifs is 1. The molecule has 1 amide bonds. The summed E-state index contributed by atoms with van der Waals surface area (Å²) < 4.78 is 6.87. The Morgan fingerprint density at radius 2 is 1.63 bits per heavy atom. The highest BCUT2D eigenvalue weighted by Gasteiger charge is 2.28. The monoisotopic (exact) mass is 469 g/mol. The minimum atomic E-state index is 0.168. The average Bonchev–Trinajstić information content (AvgIpc) is 3.01. The molecule has 0 saturated carbocycles. The number of nitrogens with zero attached hydrogens (tertiary/aromatic N) is 1.